The maximum Gasteiger partial charge on any atom is 0.141 e. The second kappa shape index (κ2) is 4.43. The smallest absolute Gasteiger partial charge is 0.141 e. The van der Waals surface area contributed by atoms with Crippen molar-refractivity contribution in [1.82, 2.24) is 15.8 Å². The molecular weight excluding hydrogens is 262 g/mol. The fourth-order valence-electron chi connectivity index (χ4n) is 4.73. The largest absolute Gasteiger partial charge is 0.383 e. The number of nitrogens with zero attached hydrogens (tertiary/aromatic N) is 2. The van der Waals surface area contributed by atoms with E-state index in [0.717, 1.165) is 0 Å². The Morgan fingerprint density at radius 2 is 1.81 bits per heavy atom. The molecule has 0 spiro atoms. The van der Waals surface area contributed by atoms with Gasteiger partial charge in [-0.15, -0.1) is 0 Å². The second-order valence-electron chi connectivity index (χ2n) is 6.80. The van der Waals surface area contributed by atoms with E-state index in [1.807, 2.05) is 0 Å². The molecule has 2 fully saturated rings. The van der Waals surface area contributed by atoms with Crippen LogP contribution >= 0.6 is 0 Å². The van der Waals surface area contributed by atoms with Crippen molar-refractivity contribution in [3.8, 4) is 6.07 Å². The van der Waals surface area contributed by atoms with Crippen LogP contribution in [0.2, 0.25) is 0 Å². The van der Waals surface area contributed by atoms with E-state index < -0.39 is 0 Å². The van der Waals surface area contributed by atoms with Gasteiger partial charge in [0.15, 0.2) is 0 Å². The molecule has 5 heteroatoms. The number of nitrogens with two attached hydrogens (primary N) is 1. The topological polar surface area (TPSA) is 86.8 Å². The van der Waals surface area contributed by atoms with E-state index in [0.29, 0.717) is 23.2 Å². The summed E-state index contributed by atoms with van der Waals surface area (Å²) in [6.07, 6.45) is 3.65. The van der Waals surface area contributed by atoms with Crippen LogP contribution in [0.15, 0.2) is 0 Å². The number of hydrazine groups is 1. The average Bonchev–Trinajstić information content (AvgIpc) is 3.13. The Morgan fingerprint density at radius 1 is 1.14 bits per heavy atom. The highest BCUT2D eigenvalue weighted by molar-refractivity contribution is 5.62. The van der Waals surface area contributed by atoms with Crippen LogP contribution in [-0.4, -0.2) is 17.1 Å². The fraction of sp³-hybridized carbons (Fsp3) is 0.625. The molecule has 1 saturated carbocycles. The maximum atomic E-state index is 9.62. The molecule has 110 valence electrons. The summed E-state index contributed by atoms with van der Waals surface area (Å²) in [7, 11) is 0. The van der Waals surface area contributed by atoms with Crippen LogP contribution in [0, 0.1) is 11.3 Å². The predicted octanol–water partition coefficient (Wildman–Crippen LogP) is 1.87. The Balaban J connectivity index is 1.97. The van der Waals surface area contributed by atoms with Crippen molar-refractivity contribution in [2.45, 2.75) is 62.9 Å². The molecule has 5 nitrogen and oxygen atoms in total. The Bertz CT molecular complexity index is 637. The third-order valence-electron chi connectivity index (χ3n) is 5.62. The lowest BCUT2D eigenvalue weighted by Gasteiger charge is -2.27. The molecule has 1 aromatic heterocycles. The molecule has 2 aliphatic carbocycles. The van der Waals surface area contributed by atoms with Gasteiger partial charge >= 0.3 is 0 Å². The summed E-state index contributed by atoms with van der Waals surface area (Å²) in [5.41, 5.74) is 17.0. The summed E-state index contributed by atoms with van der Waals surface area (Å²) >= 11 is 0. The van der Waals surface area contributed by atoms with Gasteiger partial charge in [-0.05, 0) is 50.2 Å². The zero-order valence-corrected chi connectivity index (χ0v) is 12.5. The molecule has 2 bridgehead atoms. The van der Waals surface area contributed by atoms with Crippen LogP contribution < -0.4 is 16.6 Å². The predicted molar refractivity (Wildman–Crippen MR) is 80.6 cm³/mol. The van der Waals surface area contributed by atoms with Crippen LogP contribution in [0.4, 0.5) is 5.82 Å². The molecule has 1 aliphatic heterocycles. The molecule has 3 aliphatic rings. The molecule has 0 radical (unpaired) electrons. The molecule has 4 N–H and O–H groups in total. The van der Waals surface area contributed by atoms with Gasteiger partial charge in [0.05, 0.1) is 5.56 Å². The Kier molecular flexibility index (Phi) is 2.75. The number of aromatic nitrogens is 1. The first-order chi connectivity index (χ1) is 10.1. The molecule has 21 heavy (non-hydrogen) atoms. The zero-order valence-electron chi connectivity index (χ0n) is 12.5. The monoisotopic (exact) mass is 283 g/mol. The number of nitrogen functional groups attached to an aromatic ring is 1. The summed E-state index contributed by atoms with van der Waals surface area (Å²) in [6.45, 7) is 4.33. The van der Waals surface area contributed by atoms with Crippen LogP contribution in [0.1, 0.15) is 73.2 Å². The number of hydrogen-bond acceptors (Lipinski definition) is 5. The first-order valence-corrected chi connectivity index (χ1v) is 7.86. The van der Waals surface area contributed by atoms with Crippen LogP contribution in [0.3, 0.4) is 0 Å². The van der Waals surface area contributed by atoms with Crippen LogP contribution in [0.5, 0.6) is 0 Å². The Labute approximate surface area is 124 Å². The van der Waals surface area contributed by atoms with E-state index >= 15 is 0 Å². The summed E-state index contributed by atoms with van der Waals surface area (Å²) in [5, 5.41) is 9.62. The van der Waals surface area contributed by atoms with Gasteiger partial charge in [-0.1, -0.05) is 0 Å². The SMILES string of the molecule is CC1NNC(C)C1c1c(C#N)c(N)nc2c1[C@@H]1CC[C@H]2C1. The van der Waals surface area contributed by atoms with Crippen LogP contribution in [0.25, 0.3) is 0 Å². The molecular formula is C16H21N5. The second-order valence-corrected chi connectivity index (χ2v) is 6.80. The lowest BCUT2D eigenvalue weighted by molar-refractivity contribution is 0.558. The van der Waals surface area contributed by atoms with E-state index in [2.05, 4.69) is 35.8 Å². The minimum absolute atomic E-state index is 0.276. The van der Waals surface area contributed by atoms with Crippen LogP contribution in [-0.2, 0) is 0 Å². The quantitative estimate of drug-likeness (QED) is 0.732. The van der Waals surface area contributed by atoms with Crippen molar-refractivity contribution >= 4 is 5.82 Å². The van der Waals surface area contributed by atoms with Gasteiger partial charge in [-0.3, -0.25) is 10.9 Å². The molecule has 2 unspecified atom stereocenters. The normalized spacial score (nSPS) is 36.7. The number of fused-ring (bicyclic) bond motifs is 5. The molecule has 4 rings (SSSR count). The van der Waals surface area contributed by atoms with E-state index in [1.165, 1.54) is 36.1 Å². The number of anilines is 1. The Hall–Kier alpha value is -1.64. The highest BCUT2D eigenvalue weighted by atomic mass is 15.4. The lowest BCUT2D eigenvalue weighted by atomic mass is 9.79. The first-order valence-electron chi connectivity index (χ1n) is 7.86. The van der Waals surface area contributed by atoms with Gasteiger partial charge in [0, 0.05) is 29.6 Å². The molecule has 1 aromatic rings. The van der Waals surface area contributed by atoms with Crippen molar-refractivity contribution in [2.75, 3.05) is 5.73 Å². The zero-order chi connectivity index (χ0) is 14.7. The minimum Gasteiger partial charge on any atom is -0.383 e. The van der Waals surface area contributed by atoms with E-state index in [4.69, 9.17) is 5.73 Å². The number of nitriles is 1. The number of pyridine rings is 1. The van der Waals surface area contributed by atoms with E-state index in [9.17, 15) is 5.26 Å². The summed E-state index contributed by atoms with van der Waals surface area (Å²) in [5.74, 6) is 1.84. The summed E-state index contributed by atoms with van der Waals surface area (Å²) in [4.78, 5) is 4.60. The fourth-order valence-corrected chi connectivity index (χ4v) is 4.73. The third kappa shape index (κ3) is 1.66. The number of nitrogens with one attached hydrogen (secondary N) is 2. The molecule has 4 atom stereocenters. The van der Waals surface area contributed by atoms with Gasteiger partial charge in [-0.25, -0.2) is 4.98 Å². The lowest BCUT2D eigenvalue weighted by Crippen LogP contribution is -2.30. The highest BCUT2D eigenvalue weighted by Crippen LogP contribution is 2.55. The van der Waals surface area contributed by atoms with Gasteiger partial charge in [0.1, 0.15) is 11.9 Å². The van der Waals surface area contributed by atoms with E-state index in [1.54, 1.807) is 0 Å². The number of hydrogen-bond donors (Lipinski definition) is 3. The Morgan fingerprint density at radius 3 is 2.48 bits per heavy atom. The summed E-state index contributed by atoms with van der Waals surface area (Å²) < 4.78 is 0. The molecule has 1 saturated heterocycles. The van der Waals surface area contributed by atoms with E-state index in [-0.39, 0.29) is 18.0 Å². The maximum absolute atomic E-state index is 9.62. The summed E-state index contributed by atoms with van der Waals surface area (Å²) in [6, 6.07) is 2.91. The molecule has 0 amide bonds. The van der Waals surface area contributed by atoms with Gasteiger partial charge in [-0.2, -0.15) is 5.26 Å². The van der Waals surface area contributed by atoms with Gasteiger partial charge < -0.3 is 5.73 Å². The van der Waals surface area contributed by atoms with Crippen molar-refractivity contribution in [3.63, 3.8) is 0 Å². The first kappa shape index (κ1) is 13.1. The highest BCUT2D eigenvalue weighted by Gasteiger charge is 2.45. The standard InChI is InChI=1S/C16H21N5/c1-7-12(8(2)21-20-7)14-11(6-17)16(18)19-15-10-4-3-9(5-10)13(14)15/h7-10,12,20-21H,3-5H2,1-2H3,(H2,18,19)/t7?,8?,9-,10+,12?/m1/s1. The van der Waals surface area contributed by atoms with Gasteiger partial charge in [0.2, 0.25) is 0 Å². The minimum atomic E-state index is 0.276. The van der Waals surface area contributed by atoms with Crippen molar-refractivity contribution in [2.24, 2.45) is 0 Å². The number of rotatable bonds is 1. The van der Waals surface area contributed by atoms with Crippen molar-refractivity contribution in [3.05, 3.63) is 22.4 Å². The van der Waals surface area contributed by atoms with Crippen molar-refractivity contribution < 1.29 is 0 Å². The van der Waals surface area contributed by atoms with Crippen molar-refractivity contribution in [1.29, 1.82) is 5.26 Å². The molecule has 0 aromatic carbocycles. The average molecular weight is 283 g/mol. The van der Waals surface area contributed by atoms with Gasteiger partial charge in [0.25, 0.3) is 0 Å². The molecule has 2 heterocycles. The third-order valence-corrected chi connectivity index (χ3v) is 5.62.